The van der Waals surface area contributed by atoms with Crippen molar-refractivity contribution < 1.29 is 4.74 Å². The molecule has 2 unspecified atom stereocenters. The maximum Gasteiger partial charge on any atom is 0.0593 e. The van der Waals surface area contributed by atoms with Gasteiger partial charge in [0.25, 0.3) is 0 Å². The van der Waals surface area contributed by atoms with Crippen molar-refractivity contribution in [2.75, 3.05) is 32.8 Å². The van der Waals surface area contributed by atoms with Crippen LogP contribution in [-0.2, 0) is 4.74 Å². The maximum atomic E-state index is 5.72. The van der Waals surface area contributed by atoms with Crippen molar-refractivity contribution >= 4 is 0 Å². The summed E-state index contributed by atoms with van der Waals surface area (Å²) in [6.07, 6.45) is 6.58. The van der Waals surface area contributed by atoms with E-state index < -0.39 is 0 Å². The lowest BCUT2D eigenvalue weighted by atomic mass is 10.1. The molecule has 106 valence electrons. The van der Waals surface area contributed by atoms with E-state index in [0.717, 1.165) is 31.7 Å². The highest BCUT2D eigenvalue weighted by atomic mass is 16.5. The van der Waals surface area contributed by atoms with Gasteiger partial charge in [-0.05, 0) is 45.1 Å². The van der Waals surface area contributed by atoms with Crippen molar-refractivity contribution in [3.8, 4) is 0 Å². The molecule has 2 atom stereocenters. The molecule has 0 radical (unpaired) electrons. The van der Waals surface area contributed by atoms with Crippen LogP contribution in [0.25, 0.3) is 0 Å². The predicted octanol–water partition coefficient (Wildman–Crippen LogP) is 2.27. The van der Waals surface area contributed by atoms with Crippen LogP contribution < -0.4 is 5.32 Å². The van der Waals surface area contributed by atoms with Gasteiger partial charge in [-0.25, -0.2) is 0 Å². The Bertz CT molecular complexity index is 231. The van der Waals surface area contributed by atoms with Crippen LogP contribution in [0.1, 0.15) is 46.0 Å². The summed E-state index contributed by atoms with van der Waals surface area (Å²) in [4.78, 5) is 2.63. The molecule has 2 rings (SSSR count). The Labute approximate surface area is 112 Å². The van der Waals surface area contributed by atoms with Gasteiger partial charge in [-0.1, -0.05) is 13.3 Å². The third-order valence-electron chi connectivity index (χ3n) is 4.38. The normalized spacial score (nSPS) is 30.3. The van der Waals surface area contributed by atoms with Gasteiger partial charge in [0.2, 0.25) is 0 Å². The number of unbranched alkanes of at least 4 members (excludes halogenated alkanes) is 1. The van der Waals surface area contributed by atoms with Crippen molar-refractivity contribution in [1.82, 2.24) is 10.2 Å². The van der Waals surface area contributed by atoms with Gasteiger partial charge in [0.1, 0.15) is 0 Å². The minimum Gasteiger partial charge on any atom is -0.380 e. The van der Waals surface area contributed by atoms with Gasteiger partial charge in [-0.2, -0.15) is 0 Å². The van der Waals surface area contributed by atoms with Crippen molar-refractivity contribution in [2.45, 2.75) is 58.0 Å². The van der Waals surface area contributed by atoms with Gasteiger partial charge in [0.15, 0.2) is 0 Å². The van der Waals surface area contributed by atoms with Crippen molar-refractivity contribution in [3.05, 3.63) is 0 Å². The first kappa shape index (κ1) is 14.3. The van der Waals surface area contributed by atoms with Crippen LogP contribution in [0.2, 0.25) is 0 Å². The lowest BCUT2D eigenvalue weighted by Crippen LogP contribution is -2.42. The second kappa shape index (κ2) is 7.46. The first-order chi connectivity index (χ1) is 8.81. The molecule has 3 nitrogen and oxygen atoms in total. The molecule has 0 bridgehead atoms. The maximum absolute atomic E-state index is 5.72. The summed E-state index contributed by atoms with van der Waals surface area (Å²) in [6, 6.07) is 1.45. The molecule has 3 heteroatoms. The second-order valence-corrected chi connectivity index (χ2v) is 6.00. The monoisotopic (exact) mass is 254 g/mol. The molecule has 1 saturated carbocycles. The fourth-order valence-electron chi connectivity index (χ4n) is 2.81. The Kier molecular flexibility index (Phi) is 5.93. The zero-order valence-corrected chi connectivity index (χ0v) is 12.2. The summed E-state index contributed by atoms with van der Waals surface area (Å²) in [5.74, 6) is 0.957. The molecule has 1 aliphatic heterocycles. The number of hydrogen-bond acceptors (Lipinski definition) is 3. The number of nitrogens with one attached hydrogen (secondary N) is 1. The van der Waals surface area contributed by atoms with E-state index in [2.05, 4.69) is 24.1 Å². The molecule has 1 heterocycles. The Morgan fingerprint density at radius 2 is 2.06 bits per heavy atom. The SMILES string of the molecule is CCCCOCCN1CC(C2CC2)NCCC1C. The highest BCUT2D eigenvalue weighted by molar-refractivity contribution is 4.91. The summed E-state index contributed by atoms with van der Waals surface area (Å²) in [5.41, 5.74) is 0. The molecule has 0 spiro atoms. The summed E-state index contributed by atoms with van der Waals surface area (Å²) in [7, 11) is 0. The van der Waals surface area contributed by atoms with Gasteiger partial charge >= 0.3 is 0 Å². The molecule has 0 amide bonds. The Hall–Kier alpha value is -0.120. The van der Waals surface area contributed by atoms with Gasteiger partial charge in [0.05, 0.1) is 6.61 Å². The number of hydrogen-bond donors (Lipinski definition) is 1. The van der Waals surface area contributed by atoms with Crippen LogP contribution in [0.15, 0.2) is 0 Å². The highest BCUT2D eigenvalue weighted by Crippen LogP contribution is 2.33. The van der Waals surface area contributed by atoms with Gasteiger partial charge < -0.3 is 10.1 Å². The molecule has 0 aromatic heterocycles. The standard InChI is InChI=1S/C15H30N2O/c1-3-4-10-18-11-9-17-12-15(14-5-6-14)16-8-7-13(17)2/h13-16H,3-12H2,1-2H3. The van der Waals surface area contributed by atoms with Crippen LogP contribution in [0.4, 0.5) is 0 Å². The van der Waals surface area contributed by atoms with E-state index in [1.54, 1.807) is 0 Å². The fourth-order valence-corrected chi connectivity index (χ4v) is 2.81. The van der Waals surface area contributed by atoms with Crippen LogP contribution in [-0.4, -0.2) is 49.8 Å². The van der Waals surface area contributed by atoms with Crippen molar-refractivity contribution in [1.29, 1.82) is 0 Å². The number of rotatable bonds is 7. The van der Waals surface area contributed by atoms with Gasteiger partial charge in [-0.3, -0.25) is 4.90 Å². The zero-order valence-electron chi connectivity index (χ0n) is 12.2. The van der Waals surface area contributed by atoms with Crippen LogP contribution in [0.5, 0.6) is 0 Å². The van der Waals surface area contributed by atoms with E-state index in [4.69, 9.17) is 4.74 Å². The van der Waals surface area contributed by atoms with E-state index in [1.165, 1.54) is 45.2 Å². The second-order valence-electron chi connectivity index (χ2n) is 6.00. The van der Waals surface area contributed by atoms with E-state index in [1.807, 2.05) is 0 Å². The molecule has 1 aliphatic carbocycles. The van der Waals surface area contributed by atoms with Gasteiger partial charge in [0, 0.05) is 31.8 Å². The molecule has 1 saturated heterocycles. The molecular formula is C15H30N2O. The first-order valence-electron chi connectivity index (χ1n) is 7.86. The largest absolute Gasteiger partial charge is 0.380 e. The zero-order chi connectivity index (χ0) is 12.8. The Morgan fingerprint density at radius 3 is 2.78 bits per heavy atom. The molecule has 0 aromatic carbocycles. The van der Waals surface area contributed by atoms with E-state index >= 15 is 0 Å². The van der Waals surface area contributed by atoms with Gasteiger partial charge in [-0.15, -0.1) is 0 Å². The summed E-state index contributed by atoms with van der Waals surface area (Å²) >= 11 is 0. The smallest absolute Gasteiger partial charge is 0.0593 e. The molecule has 1 N–H and O–H groups in total. The first-order valence-corrected chi connectivity index (χ1v) is 7.86. The average molecular weight is 254 g/mol. The van der Waals surface area contributed by atoms with Crippen LogP contribution in [0, 0.1) is 5.92 Å². The third kappa shape index (κ3) is 4.52. The number of nitrogens with zero attached hydrogens (tertiary/aromatic N) is 1. The molecular weight excluding hydrogens is 224 g/mol. The quantitative estimate of drug-likeness (QED) is 0.705. The summed E-state index contributed by atoms with van der Waals surface area (Å²) < 4.78 is 5.72. The summed E-state index contributed by atoms with van der Waals surface area (Å²) in [5, 5.41) is 3.73. The minimum atomic E-state index is 0.705. The van der Waals surface area contributed by atoms with E-state index in [9.17, 15) is 0 Å². The van der Waals surface area contributed by atoms with E-state index in [-0.39, 0.29) is 0 Å². The average Bonchev–Trinajstić information content (AvgIpc) is 3.18. The van der Waals surface area contributed by atoms with Crippen LogP contribution >= 0.6 is 0 Å². The molecule has 18 heavy (non-hydrogen) atoms. The van der Waals surface area contributed by atoms with Crippen molar-refractivity contribution in [2.24, 2.45) is 5.92 Å². The Balaban J connectivity index is 1.69. The van der Waals surface area contributed by atoms with Crippen LogP contribution in [0.3, 0.4) is 0 Å². The molecule has 0 aromatic rings. The minimum absolute atomic E-state index is 0.705. The fraction of sp³-hybridized carbons (Fsp3) is 1.00. The van der Waals surface area contributed by atoms with E-state index in [0.29, 0.717) is 6.04 Å². The van der Waals surface area contributed by atoms with Crippen molar-refractivity contribution in [3.63, 3.8) is 0 Å². The highest BCUT2D eigenvalue weighted by Gasteiger charge is 2.34. The topological polar surface area (TPSA) is 24.5 Å². The summed E-state index contributed by atoms with van der Waals surface area (Å²) in [6.45, 7) is 9.94. The number of ether oxygens (including phenoxy) is 1. The Morgan fingerprint density at radius 1 is 1.22 bits per heavy atom. The predicted molar refractivity (Wildman–Crippen MR) is 75.9 cm³/mol. The lowest BCUT2D eigenvalue weighted by Gasteiger charge is -2.29. The third-order valence-corrected chi connectivity index (χ3v) is 4.38. The lowest BCUT2D eigenvalue weighted by molar-refractivity contribution is 0.0862. The molecule has 2 aliphatic rings. The molecule has 2 fully saturated rings.